The quantitative estimate of drug-likeness (QED) is 0.579. The Kier molecular flexibility index (Phi) is 4.22. The molecule has 0 radical (unpaired) electrons. The summed E-state index contributed by atoms with van der Waals surface area (Å²) in [5, 5.41) is 12.3. The third kappa shape index (κ3) is 3.31. The summed E-state index contributed by atoms with van der Waals surface area (Å²) < 4.78 is 25.4. The average Bonchev–Trinajstić information content (AvgIpc) is 2.22. The van der Waals surface area contributed by atoms with E-state index in [-0.39, 0.29) is 6.54 Å². The van der Waals surface area contributed by atoms with E-state index in [1.54, 1.807) is 0 Å². The summed E-state index contributed by atoms with van der Waals surface area (Å²) in [4.78, 5) is 0. The van der Waals surface area contributed by atoms with Crippen LogP contribution in [0.5, 0.6) is 0 Å². The fourth-order valence-corrected chi connectivity index (χ4v) is 1.12. The molecule has 4 heteroatoms. The monoisotopic (exact) mass is 211 g/mol. The predicted octanol–water partition coefficient (Wildman–Crippen LogP) is 1.22. The molecule has 2 N–H and O–H groups in total. The van der Waals surface area contributed by atoms with E-state index < -0.39 is 17.7 Å². The SMILES string of the molecule is C#CCNCC(O)c1ccc(F)c(F)c1. The van der Waals surface area contributed by atoms with E-state index in [1.165, 1.54) is 6.07 Å². The number of benzene rings is 1. The highest BCUT2D eigenvalue weighted by atomic mass is 19.2. The van der Waals surface area contributed by atoms with Crippen LogP contribution < -0.4 is 5.32 Å². The van der Waals surface area contributed by atoms with Gasteiger partial charge in [-0.1, -0.05) is 12.0 Å². The highest BCUT2D eigenvalue weighted by Gasteiger charge is 2.09. The first-order valence-corrected chi connectivity index (χ1v) is 4.42. The number of aliphatic hydroxyl groups excluding tert-OH is 1. The van der Waals surface area contributed by atoms with E-state index in [0.29, 0.717) is 12.1 Å². The Morgan fingerprint density at radius 1 is 1.40 bits per heavy atom. The van der Waals surface area contributed by atoms with E-state index >= 15 is 0 Å². The van der Waals surface area contributed by atoms with E-state index in [9.17, 15) is 13.9 Å². The molecule has 1 unspecified atom stereocenters. The van der Waals surface area contributed by atoms with Crippen molar-refractivity contribution in [3.05, 3.63) is 35.4 Å². The fraction of sp³-hybridized carbons (Fsp3) is 0.273. The number of nitrogens with one attached hydrogen (secondary N) is 1. The van der Waals surface area contributed by atoms with Crippen molar-refractivity contribution in [1.82, 2.24) is 5.32 Å². The van der Waals surface area contributed by atoms with Crippen molar-refractivity contribution in [1.29, 1.82) is 0 Å². The Balaban J connectivity index is 2.62. The maximum atomic E-state index is 12.8. The van der Waals surface area contributed by atoms with Gasteiger partial charge in [-0.2, -0.15) is 0 Å². The number of aliphatic hydroxyl groups is 1. The van der Waals surface area contributed by atoms with Gasteiger partial charge in [0, 0.05) is 6.54 Å². The van der Waals surface area contributed by atoms with Gasteiger partial charge in [0.1, 0.15) is 0 Å². The maximum absolute atomic E-state index is 12.8. The van der Waals surface area contributed by atoms with Crippen LogP contribution in [-0.4, -0.2) is 18.2 Å². The second-order valence-corrected chi connectivity index (χ2v) is 3.02. The second kappa shape index (κ2) is 5.44. The lowest BCUT2D eigenvalue weighted by Crippen LogP contribution is -2.21. The fourth-order valence-electron chi connectivity index (χ4n) is 1.12. The zero-order valence-electron chi connectivity index (χ0n) is 8.00. The molecule has 1 rings (SSSR count). The zero-order chi connectivity index (χ0) is 11.3. The molecule has 1 atom stereocenters. The number of hydrogen-bond acceptors (Lipinski definition) is 2. The van der Waals surface area contributed by atoms with Gasteiger partial charge in [0.05, 0.1) is 12.6 Å². The van der Waals surface area contributed by atoms with E-state index in [2.05, 4.69) is 11.2 Å². The summed E-state index contributed by atoms with van der Waals surface area (Å²) in [5.41, 5.74) is 0.318. The molecule has 1 aromatic carbocycles. The molecule has 15 heavy (non-hydrogen) atoms. The Labute approximate surface area is 86.9 Å². The van der Waals surface area contributed by atoms with Crippen LogP contribution in [0.2, 0.25) is 0 Å². The molecule has 1 aromatic rings. The first-order chi connectivity index (χ1) is 7.15. The predicted molar refractivity (Wildman–Crippen MR) is 53.0 cm³/mol. The molecule has 0 bridgehead atoms. The molecule has 2 nitrogen and oxygen atoms in total. The van der Waals surface area contributed by atoms with Gasteiger partial charge in [0.2, 0.25) is 0 Å². The molecule has 0 spiro atoms. The molecule has 0 aliphatic rings. The maximum Gasteiger partial charge on any atom is 0.159 e. The molecule has 0 aliphatic heterocycles. The molecule has 0 saturated heterocycles. The Morgan fingerprint density at radius 3 is 2.73 bits per heavy atom. The first-order valence-electron chi connectivity index (χ1n) is 4.42. The topological polar surface area (TPSA) is 32.3 Å². The lowest BCUT2D eigenvalue weighted by atomic mass is 10.1. The van der Waals surface area contributed by atoms with Gasteiger partial charge in [-0.25, -0.2) is 8.78 Å². The number of rotatable bonds is 4. The van der Waals surface area contributed by atoms with Crippen molar-refractivity contribution >= 4 is 0 Å². The van der Waals surface area contributed by atoms with Gasteiger partial charge in [-0.15, -0.1) is 6.42 Å². The molecule has 0 amide bonds. The highest BCUT2D eigenvalue weighted by molar-refractivity contribution is 5.20. The second-order valence-electron chi connectivity index (χ2n) is 3.02. The molecular weight excluding hydrogens is 200 g/mol. The van der Waals surface area contributed by atoms with Gasteiger partial charge < -0.3 is 10.4 Å². The van der Waals surface area contributed by atoms with Crippen LogP contribution in [0.25, 0.3) is 0 Å². The van der Waals surface area contributed by atoms with Crippen molar-refractivity contribution < 1.29 is 13.9 Å². The van der Waals surface area contributed by atoms with Crippen LogP contribution in [-0.2, 0) is 0 Å². The van der Waals surface area contributed by atoms with Crippen LogP contribution in [0.1, 0.15) is 11.7 Å². The van der Waals surface area contributed by atoms with Crippen LogP contribution in [0.4, 0.5) is 8.78 Å². The number of hydrogen-bond donors (Lipinski definition) is 2. The molecule has 0 fully saturated rings. The minimum absolute atomic E-state index is 0.204. The summed E-state index contributed by atoms with van der Waals surface area (Å²) in [6.07, 6.45) is 4.10. The number of halogens is 2. The van der Waals surface area contributed by atoms with E-state index in [4.69, 9.17) is 6.42 Å². The van der Waals surface area contributed by atoms with E-state index in [0.717, 1.165) is 12.1 Å². The molecule has 0 aliphatic carbocycles. The van der Waals surface area contributed by atoms with Gasteiger partial charge >= 0.3 is 0 Å². The van der Waals surface area contributed by atoms with Crippen molar-refractivity contribution in [2.45, 2.75) is 6.10 Å². The Morgan fingerprint density at radius 2 is 2.13 bits per heavy atom. The summed E-state index contributed by atoms with van der Waals surface area (Å²) in [6, 6.07) is 3.28. The minimum Gasteiger partial charge on any atom is -0.387 e. The zero-order valence-corrected chi connectivity index (χ0v) is 8.00. The molecule has 0 aromatic heterocycles. The lowest BCUT2D eigenvalue weighted by molar-refractivity contribution is 0.176. The van der Waals surface area contributed by atoms with Crippen LogP contribution in [0.3, 0.4) is 0 Å². The van der Waals surface area contributed by atoms with Crippen molar-refractivity contribution in [2.75, 3.05) is 13.1 Å². The number of terminal acetylenes is 1. The average molecular weight is 211 g/mol. The smallest absolute Gasteiger partial charge is 0.159 e. The molecular formula is C11H11F2NO. The summed E-state index contributed by atoms with van der Waals surface area (Å²) in [7, 11) is 0. The standard InChI is InChI=1S/C11H11F2NO/c1-2-5-14-7-11(15)8-3-4-9(12)10(13)6-8/h1,3-4,6,11,14-15H,5,7H2. The first kappa shape index (κ1) is 11.6. The summed E-state index contributed by atoms with van der Waals surface area (Å²) in [6.45, 7) is 0.524. The highest BCUT2D eigenvalue weighted by Crippen LogP contribution is 2.15. The van der Waals surface area contributed by atoms with Gasteiger partial charge in [0.15, 0.2) is 11.6 Å². The normalized spacial score (nSPS) is 12.1. The Hall–Kier alpha value is -1.44. The third-order valence-corrected chi connectivity index (χ3v) is 1.89. The molecule has 80 valence electrons. The van der Waals surface area contributed by atoms with Crippen molar-refractivity contribution in [2.24, 2.45) is 0 Å². The third-order valence-electron chi connectivity index (χ3n) is 1.89. The van der Waals surface area contributed by atoms with Gasteiger partial charge in [-0.05, 0) is 17.7 Å². The van der Waals surface area contributed by atoms with Crippen LogP contribution >= 0.6 is 0 Å². The van der Waals surface area contributed by atoms with Crippen molar-refractivity contribution in [3.8, 4) is 12.3 Å². The van der Waals surface area contributed by atoms with E-state index in [1.807, 2.05) is 0 Å². The Bertz CT molecular complexity index is 373. The van der Waals surface area contributed by atoms with Gasteiger partial charge in [-0.3, -0.25) is 0 Å². The largest absolute Gasteiger partial charge is 0.387 e. The molecule has 0 heterocycles. The summed E-state index contributed by atoms with van der Waals surface area (Å²) >= 11 is 0. The molecule has 0 saturated carbocycles. The van der Waals surface area contributed by atoms with Crippen LogP contribution in [0, 0.1) is 24.0 Å². The minimum atomic E-state index is -0.969. The van der Waals surface area contributed by atoms with Crippen molar-refractivity contribution in [3.63, 3.8) is 0 Å². The van der Waals surface area contributed by atoms with Gasteiger partial charge in [0.25, 0.3) is 0 Å². The summed E-state index contributed by atoms with van der Waals surface area (Å²) in [5.74, 6) is 0.442. The lowest BCUT2D eigenvalue weighted by Gasteiger charge is -2.10. The van der Waals surface area contributed by atoms with Crippen LogP contribution in [0.15, 0.2) is 18.2 Å².